The average molecular weight is 450 g/mol. The number of morpholine rings is 1. The van der Waals surface area contributed by atoms with Crippen LogP contribution < -0.4 is 10.5 Å². The molecule has 2 atom stereocenters. The molecular formula is C29H27N3O2. The lowest BCUT2D eigenvalue weighted by Crippen LogP contribution is -2.45. The zero-order valence-corrected chi connectivity index (χ0v) is 19.7. The highest BCUT2D eigenvalue weighted by molar-refractivity contribution is 5.98. The zero-order valence-electron chi connectivity index (χ0n) is 19.7. The van der Waals surface area contributed by atoms with E-state index in [2.05, 4.69) is 36.9 Å². The monoisotopic (exact) mass is 449 g/mol. The third-order valence-corrected chi connectivity index (χ3v) is 6.47. The van der Waals surface area contributed by atoms with E-state index in [0.29, 0.717) is 10.9 Å². The number of nitrogens with zero attached hydrogens (tertiary/aromatic N) is 3. The largest absolute Gasteiger partial charge is 0.372 e. The summed E-state index contributed by atoms with van der Waals surface area (Å²) in [5, 5.41) is 10.7. The van der Waals surface area contributed by atoms with Gasteiger partial charge in [-0.25, -0.2) is 0 Å². The lowest BCUT2D eigenvalue weighted by Gasteiger charge is -2.36. The van der Waals surface area contributed by atoms with Crippen molar-refractivity contribution >= 4 is 16.5 Å². The Kier molecular flexibility index (Phi) is 5.69. The van der Waals surface area contributed by atoms with E-state index in [4.69, 9.17) is 10.00 Å². The molecule has 1 aromatic heterocycles. The van der Waals surface area contributed by atoms with Gasteiger partial charge in [-0.1, -0.05) is 24.3 Å². The molecule has 0 spiro atoms. The van der Waals surface area contributed by atoms with Crippen LogP contribution in [0.4, 0.5) is 5.69 Å². The second kappa shape index (κ2) is 8.81. The number of aryl methyl sites for hydroxylation is 1. The number of fused-ring (bicyclic) bond motifs is 1. The molecule has 0 radical (unpaired) electrons. The second-order valence-electron chi connectivity index (χ2n) is 9.08. The minimum atomic E-state index is -0.0440. The molecule has 3 aromatic carbocycles. The summed E-state index contributed by atoms with van der Waals surface area (Å²) in [5.74, 6) is 0. The van der Waals surface area contributed by atoms with E-state index in [0.717, 1.165) is 46.5 Å². The molecule has 4 aromatic rings. The van der Waals surface area contributed by atoms with Crippen molar-refractivity contribution in [2.75, 3.05) is 18.0 Å². The molecule has 1 fully saturated rings. The summed E-state index contributed by atoms with van der Waals surface area (Å²) in [7, 11) is 0. The first-order valence-corrected chi connectivity index (χ1v) is 11.6. The van der Waals surface area contributed by atoms with Crippen molar-refractivity contribution in [3.63, 3.8) is 0 Å². The molecule has 170 valence electrons. The van der Waals surface area contributed by atoms with E-state index in [9.17, 15) is 4.79 Å². The van der Waals surface area contributed by atoms with Crippen LogP contribution in [0.15, 0.2) is 77.7 Å². The first-order valence-electron chi connectivity index (χ1n) is 11.6. The predicted molar refractivity (Wildman–Crippen MR) is 137 cm³/mol. The van der Waals surface area contributed by atoms with Gasteiger partial charge in [-0.15, -0.1) is 0 Å². The highest BCUT2D eigenvalue weighted by Gasteiger charge is 2.22. The Morgan fingerprint density at radius 1 is 0.912 bits per heavy atom. The summed E-state index contributed by atoms with van der Waals surface area (Å²) in [6.45, 7) is 7.95. The van der Waals surface area contributed by atoms with Gasteiger partial charge in [0.25, 0.3) is 5.56 Å². The van der Waals surface area contributed by atoms with Gasteiger partial charge in [-0.05, 0) is 85.3 Å². The van der Waals surface area contributed by atoms with Crippen LogP contribution in [0.3, 0.4) is 0 Å². The molecule has 0 N–H and O–H groups in total. The maximum Gasteiger partial charge on any atom is 0.262 e. The van der Waals surface area contributed by atoms with E-state index in [-0.39, 0.29) is 17.8 Å². The van der Waals surface area contributed by atoms with Crippen molar-refractivity contribution in [3.05, 3.63) is 94.4 Å². The fourth-order valence-electron chi connectivity index (χ4n) is 4.97. The number of ether oxygens (including phenoxy) is 1. The van der Waals surface area contributed by atoms with E-state index < -0.39 is 0 Å². The van der Waals surface area contributed by atoms with Gasteiger partial charge < -0.3 is 9.64 Å². The van der Waals surface area contributed by atoms with Crippen molar-refractivity contribution < 1.29 is 4.74 Å². The highest BCUT2D eigenvalue weighted by Crippen LogP contribution is 2.30. The summed E-state index contributed by atoms with van der Waals surface area (Å²) >= 11 is 0. The Morgan fingerprint density at radius 3 is 2.21 bits per heavy atom. The molecule has 5 nitrogen and oxygen atoms in total. The molecule has 2 heterocycles. The number of aromatic nitrogens is 1. The molecule has 1 aliphatic rings. The minimum Gasteiger partial charge on any atom is -0.372 e. The van der Waals surface area contributed by atoms with Gasteiger partial charge in [0.05, 0.1) is 23.8 Å². The smallest absolute Gasteiger partial charge is 0.262 e. The topological polar surface area (TPSA) is 58.3 Å². The van der Waals surface area contributed by atoms with Crippen LogP contribution in [0, 0.1) is 18.3 Å². The Balaban J connectivity index is 1.55. The number of rotatable bonds is 3. The van der Waals surface area contributed by atoms with Crippen molar-refractivity contribution in [1.29, 1.82) is 5.26 Å². The van der Waals surface area contributed by atoms with Crippen molar-refractivity contribution in [2.45, 2.75) is 33.0 Å². The molecule has 5 rings (SSSR count). The minimum absolute atomic E-state index is 0.0440. The molecule has 0 aliphatic carbocycles. The Morgan fingerprint density at radius 2 is 1.56 bits per heavy atom. The molecular weight excluding hydrogens is 422 g/mol. The highest BCUT2D eigenvalue weighted by atomic mass is 16.5. The normalized spacial score (nSPS) is 18.1. The Labute approximate surface area is 199 Å². The summed E-state index contributed by atoms with van der Waals surface area (Å²) in [4.78, 5) is 15.9. The van der Waals surface area contributed by atoms with Gasteiger partial charge in [-0.2, -0.15) is 5.26 Å². The lowest BCUT2D eigenvalue weighted by atomic mass is 9.96. The quantitative estimate of drug-likeness (QED) is 0.417. The van der Waals surface area contributed by atoms with Crippen LogP contribution in [0.2, 0.25) is 0 Å². The lowest BCUT2D eigenvalue weighted by molar-refractivity contribution is -0.00521. The molecule has 1 unspecified atom stereocenters. The SMILES string of the molecule is Cc1cn(-c2ccc(N3CC(C)O[C@H](C)C3)cc2)c(=O)c2cccc(-c3ccc(C#N)cc3)c12. The fourth-order valence-corrected chi connectivity index (χ4v) is 4.97. The number of hydrogen-bond donors (Lipinski definition) is 0. The van der Waals surface area contributed by atoms with Gasteiger partial charge >= 0.3 is 0 Å². The van der Waals surface area contributed by atoms with Crippen LogP contribution in [0.5, 0.6) is 0 Å². The number of pyridine rings is 1. The third-order valence-electron chi connectivity index (χ3n) is 6.47. The average Bonchev–Trinajstić information content (AvgIpc) is 2.85. The Bertz CT molecular complexity index is 1440. The first-order chi connectivity index (χ1) is 16.4. The van der Waals surface area contributed by atoms with E-state index in [1.165, 1.54) is 0 Å². The van der Waals surface area contributed by atoms with Crippen LogP contribution in [-0.2, 0) is 4.74 Å². The number of benzene rings is 3. The van der Waals surface area contributed by atoms with E-state index in [1.807, 2.05) is 67.7 Å². The molecule has 0 saturated carbocycles. The van der Waals surface area contributed by atoms with Gasteiger partial charge in [0.1, 0.15) is 0 Å². The summed E-state index contributed by atoms with van der Waals surface area (Å²) in [5.41, 5.74) is 5.56. The molecule has 34 heavy (non-hydrogen) atoms. The third kappa shape index (κ3) is 3.98. The van der Waals surface area contributed by atoms with Gasteiger partial charge in [0.15, 0.2) is 0 Å². The number of hydrogen-bond acceptors (Lipinski definition) is 4. The first kappa shape index (κ1) is 21.9. The summed E-state index contributed by atoms with van der Waals surface area (Å²) in [6.07, 6.45) is 2.31. The van der Waals surface area contributed by atoms with Crippen molar-refractivity contribution in [2.24, 2.45) is 0 Å². The van der Waals surface area contributed by atoms with Crippen LogP contribution in [0.25, 0.3) is 27.6 Å². The Hall–Kier alpha value is -3.88. The van der Waals surface area contributed by atoms with Crippen LogP contribution >= 0.6 is 0 Å². The molecule has 0 amide bonds. The van der Waals surface area contributed by atoms with E-state index in [1.54, 1.807) is 4.57 Å². The standard InChI is InChI=1S/C29H27N3O2/c1-19-16-32(25-13-11-24(12-14-25)31-17-20(2)34-21(3)18-31)29(33)27-6-4-5-26(28(19)27)23-9-7-22(15-30)8-10-23/h4-14,16,20-21H,17-18H2,1-3H3/t20-,21?/m1/s1. The maximum absolute atomic E-state index is 13.5. The molecule has 5 heteroatoms. The molecule has 0 bridgehead atoms. The fraction of sp³-hybridized carbons (Fsp3) is 0.241. The van der Waals surface area contributed by atoms with Crippen LogP contribution in [-0.4, -0.2) is 29.9 Å². The number of anilines is 1. The zero-order chi connectivity index (χ0) is 23.8. The maximum atomic E-state index is 13.5. The van der Waals surface area contributed by atoms with E-state index >= 15 is 0 Å². The van der Waals surface area contributed by atoms with Gasteiger partial charge in [-0.3, -0.25) is 9.36 Å². The van der Waals surface area contributed by atoms with Crippen LogP contribution in [0.1, 0.15) is 25.0 Å². The molecule has 1 aliphatic heterocycles. The predicted octanol–water partition coefficient (Wildman–Crippen LogP) is 5.45. The van der Waals surface area contributed by atoms with Crippen molar-refractivity contribution in [1.82, 2.24) is 4.57 Å². The molecule has 1 saturated heterocycles. The van der Waals surface area contributed by atoms with Gasteiger partial charge in [0.2, 0.25) is 0 Å². The summed E-state index contributed by atoms with van der Waals surface area (Å²) < 4.78 is 7.58. The van der Waals surface area contributed by atoms with Gasteiger partial charge in [0, 0.05) is 36.0 Å². The number of nitriles is 1. The summed E-state index contributed by atoms with van der Waals surface area (Å²) in [6, 6.07) is 23.7. The second-order valence-corrected chi connectivity index (χ2v) is 9.08. The van der Waals surface area contributed by atoms with Crippen molar-refractivity contribution in [3.8, 4) is 22.9 Å².